The number of phenolic OH excluding ortho intramolecular Hbond substituents is 2. The zero-order valence-electron chi connectivity index (χ0n) is 15.7. The van der Waals surface area contributed by atoms with Crippen LogP contribution in [0.5, 0.6) is 11.5 Å². The number of nitrogens with zero attached hydrogens (tertiary/aromatic N) is 4. The third kappa shape index (κ3) is 4.28. The highest BCUT2D eigenvalue weighted by atomic mass is 16.3. The number of phenols is 2. The number of nitrogens with one attached hydrogen (secondary N) is 1. The molecule has 144 valence electrons. The number of aliphatic hydroxyl groups excluding tert-OH is 1. The van der Waals surface area contributed by atoms with Gasteiger partial charge in [-0.2, -0.15) is 0 Å². The van der Waals surface area contributed by atoms with Crippen LogP contribution in [-0.4, -0.2) is 47.5 Å². The Labute approximate surface area is 157 Å². The summed E-state index contributed by atoms with van der Waals surface area (Å²) in [6.07, 6.45) is 2.21. The van der Waals surface area contributed by atoms with Crippen LogP contribution < -0.4 is 5.32 Å². The Bertz CT molecular complexity index is 936. The number of rotatable bonds is 7. The fraction of sp³-hybridized carbons (Fsp3) is 0.421. The molecule has 8 nitrogen and oxygen atoms in total. The first kappa shape index (κ1) is 18.9. The summed E-state index contributed by atoms with van der Waals surface area (Å²) in [4.78, 5) is 13.6. The number of imidazole rings is 1. The monoisotopic (exact) mass is 371 g/mol. The van der Waals surface area contributed by atoms with Gasteiger partial charge in [-0.1, -0.05) is 6.07 Å². The molecule has 1 atom stereocenters. The first-order chi connectivity index (χ1) is 12.8. The summed E-state index contributed by atoms with van der Waals surface area (Å²) < 4.78 is 1.98. The van der Waals surface area contributed by atoms with Crippen molar-refractivity contribution in [1.82, 2.24) is 19.5 Å². The zero-order valence-corrected chi connectivity index (χ0v) is 15.7. The van der Waals surface area contributed by atoms with Crippen LogP contribution in [-0.2, 0) is 12.8 Å². The van der Waals surface area contributed by atoms with Crippen molar-refractivity contribution in [2.24, 2.45) is 0 Å². The highest BCUT2D eigenvalue weighted by Crippen LogP contribution is 2.25. The molecule has 2 heterocycles. The standard InChI is InChI=1S/C19H25N5O3/c1-11(2)24-10-21-17-18(22-16(8-12(3)25)23-19(17)24)20-7-6-13-4-5-14(26)15(27)9-13/h4-5,9-12,25-27H,6-8H2,1-3H3,(H,20,22,23). The van der Waals surface area contributed by atoms with E-state index in [0.29, 0.717) is 36.5 Å². The van der Waals surface area contributed by atoms with Crippen LogP contribution in [0, 0.1) is 0 Å². The van der Waals surface area contributed by atoms with Crippen molar-refractivity contribution in [2.75, 3.05) is 11.9 Å². The van der Waals surface area contributed by atoms with Gasteiger partial charge >= 0.3 is 0 Å². The minimum atomic E-state index is -0.536. The van der Waals surface area contributed by atoms with Crippen LogP contribution in [0.1, 0.15) is 38.2 Å². The molecule has 0 aliphatic carbocycles. The van der Waals surface area contributed by atoms with Crippen LogP contribution >= 0.6 is 0 Å². The first-order valence-corrected chi connectivity index (χ1v) is 9.01. The molecule has 0 bridgehead atoms. The predicted octanol–water partition coefficient (Wildman–Crippen LogP) is 2.40. The molecule has 0 saturated carbocycles. The second kappa shape index (κ2) is 7.79. The highest BCUT2D eigenvalue weighted by Gasteiger charge is 2.15. The van der Waals surface area contributed by atoms with Crippen LogP contribution in [0.4, 0.5) is 5.82 Å². The van der Waals surface area contributed by atoms with Gasteiger partial charge in [-0.15, -0.1) is 0 Å². The molecule has 0 aliphatic heterocycles. The van der Waals surface area contributed by atoms with Crippen molar-refractivity contribution in [1.29, 1.82) is 0 Å². The fourth-order valence-electron chi connectivity index (χ4n) is 2.87. The van der Waals surface area contributed by atoms with E-state index in [1.807, 2.05) is 4.57 Å². The number of hydrogen-bond acceptors (Lipinski definition) is 7. The summed E-state index contributed by atoms with van der Waals surface area (Å²) in [5.41, 5.74) is 2.31. The van der Waals surface area contributed by atoms with Gasteiger partial charge in [0.2, 0.25) is 0 Å². The molecule has 1 aromatic carbocycles. The van der Waals surface area contributed by atoms with Crippen molar-refractivity contribution >= 4 is 17.0 Å². The smallest absolute Gasteiger partial charge is 0.166 e. The number of aromatic nitrogens is 4. The van der Waals surface area contributed by atoms with E-state index in [9.17, 15) is 15.3 Å². The normalized spacial score (nSPS) is 12.6. The minimum Gasteiger partial charge on any atom is -0.504 e. The molecule has 4 N–H and O–H groups in total. The lowest BCUT2D eigenvalue weighted by molar-refractivity contribution is 0.193. The van der Waals surface area contributed by atoms with Gasteiger partial charge in [0.1, 0.15) is 11.3 Å². The van der Waals surface area contributed by atoms with E-state index >= 15 is 0 Å². The Morgan fingerprint density at radius 1 is 1.11 bits per heavy atom. The molecule has 8 heteroatoms. The van der Waals surface area contributed by atoms with Gasteiger partial charge in [0.05, 0.1) is 12.4 Å². The van der Waals surface area contributed by atoms with Crippen molar-refractivity contribution in [2.45, 2.75) is 45.8 Å². The lowest BCUT2D eigenvalue weighted by atomic mass is 10.1. The van der Waals surface area contributed by atoms with Gasteiger partial charge in [0.25, 0.3) is 0 Å². The first-order valence-electron chi connectivity index (χ1n) is 9.01. The number of hydrogen-bond donors (Lipinski definition) is 4. The molecule has 27 heavy (non-hydrogen) atoms. The third-order valence-electron chi connectivity index (χ3n) is 4.25. The number of fused-ring (bicyclic) bond motifs is 1. The minimum absolute atomic E-state index is 0.133. The number of aromatic hydroxyl groups is 2. The maximum Gasteiger partial charge on any atom is 0.166 e. The van der Waals surface area contributed by atoms with Crippen LogP contribution in [0.15, 0.2) is 24.5 Å². The van der Waals surface area contributed by atoms with Gasteiger partial charge in [0.15, 0.2) is 23.0 Å². The van der Waals surface area contributed by atoms with Crippen molar-refractivity contribution in [3.05, 3.63) is 35.9 Å². The third-order valence-corrected chi connectivity index (χ3v) is 4.25. The molecule has 3 aromatic rings. The van der Waals surface area contributed by atoms with E-state index in [1.165, 1.54) is 6.07 Å². The number of benzene rings is 1. The van der Waals surface area contributed by atoms with Gasteiger partial charge in [-0.25, -0.2) is 15.0 Å². The van der Waals surface area contributed by atoms with E-state index in [-0.39, 0.29) is 17.5 Å². The summed E-state index contributed by atoms with van der Waals surface area (Å²) in [5.74, 6) is 0.917. The van der Waals surface area contributed by atoms with Gasteiger partial charge < -0.3 is 25.2 Å². The van der Waals surface area contributed by atoms with E-state index in [2.05, 4.69) is 34.1 Å². The molecule has 0 spiro atoms. The number of anilines is 1. The van der Waals surface area contributed by atoms with Gasteiger partial charge in [-0.05, 0) is 44.9 Å². The van der Waals surface area contributed by atoms with E-state index in [0.717, 1.165) is 11.2 Å². The van der Waals surface area contributed by atoms with Crippen LogP contribution in [0.3, 0.4) is 0 Å². The van der Waals surface area contributed by atoms with E-state index < -0.39 is 6.10 Å². The highest BCUT2D eigenvalue weighted by molar-refractivity contribution is 5.83. The Kier molecular flexibility index (Phi) is 5.46. The summed E-state index contributed by atoms with van der Waals surface area (Å²) in [7, 11) is 0. The second-order valence-electron chi connectivity index (χ2n) is 6.96. The molecule has 1 unspecified atom stereocenters. The summed E-state index contributed by atoms with van der Waals surface area (Å²) in [5, 5.41) is 32.0. The molecule has 0 fully saturated rings. The fourth-order valence-corrected chi connectivity index (χ4v) is 2.87. The van der Waals surface area contributed by atoms with Crippen molar-refractivity contribution < 1.29 is 15.3 Å². The average molecular weight is 371 g/mol. The van der Waals surface area contributed by atoms with E-state index in [1.54, 1.807) is 25.4 Å². The van der Waals surface area contributed by atoms with Crippen molar-refractivity contribution in [3.8, 4) is 11.5 Å². The van der Waals surface area contributed by atoms with E-state index in [4.69, 9.17) is 0 Å². The van der Waals surface area contributed by atoms with Gasteiger partial charge in [-0.3, -0.25) is 0 Å². The number of aliphatic hydroxyl groups is 1. The van der Waals surface area contributed by atoms with Gasteiger partial charge in [0, 0.05) is 19.0 Å². The lowest BCUT2D eigenvalue weighted by Gasteiger charge is -2.12. The van der Waals surface area contributed by atoms with Crippen LogP contribution in [0.2, 0.25) is 0 Å². The molecule has 0 saturated heterocycles. The molecule has 0 amide bonds. The SMILES string of the molecule is CC(O)Cc1nc(NCCc2ccc(O)c(O)c2)c2ncn(C(C)C)c2n1. The molecular formula is C19H25N5O3. The second-order valence-corrected chi connectivity index (χ2v) is 6.96. The molecule has 2 aromatic heterocycles. The average Bonchev–Trinajstić information content (AvgIpc) is 3.01. The topological polar surface area (TPSA) is 116 Å². The summed E-state index contributed by atoms with van der Waals surface area (Å²) in [6, 6.07) is 4.98. The lowest BCUT2D eigenvalue weighted by Crippen LogP contribution is -2.13. The summed E-state index contributed by atoms with van der Waals surface area (Å²) >= 11 is 0. The van der Waals surface area contributed by atoms with Crippen molar-refractivity contribution in [3.63, 3.8) is 0 Å². The maximum atomic E-state index is 9.70. The molecule has 0 aliphatic rings. The molecular weight excluding hydrogens is 346 g/mol. The largest absolute Gasteiger partial charge is 0.504 e. The Morgan fingerprint density at radius 2 is 1.89 bits per heavy atom. The maximum absolute atomic E-state index is 9.70. The Balaban J connectivity index is 1.84. The zero-order chi connectivity index (χ0) is 19.6. The Hall–Kier alpha value is -2.87. The molecule has 0 radical (unpaired) electrons. The summed E-state index contributed by atoms with van der Waals surface area (Å²) in [6.45, 7) is 6.39. The predicted molar refractivity (Wildman–Crippen MR) is 103 cm³/mol. The quantitative estimate of drug-likeness (QED) is 0.471. The van der Waals surface area contributed by atoms with Crippen LogP contribution in [0.25, 0.3) is 11.2 Å². The molecule has 3 rings (SSSR count). The Morgan fingerprint density at radius 3 is 2.56 bits per heavy atom.